The topological polar surface area (TPSA) is 85.3 Å². The number of ether oxygens (including phenoxy) is 2. The fraction of sp³-hybridized carbons (Fsp3) is 0.0370. The summed E-state index contributed by atoms with van der Waals surface area (Å²) in [4.78, 5) is 12.9. The minimum atomic E-state index is -0.870. The normalized spacial score (nSPS) is 14.8. The molecule has 0 aromatic heterocycles. The summed E-state index contributed by atoms with van der Waals surface area (Å²) in [7, 11) is 0. The van der Waals surface area contributed by atoms with Crippen LogP contribution in [-0.4, -0.2) is 5.97 Å². The number of fused-ring (bicyclic) bond motifs is 2. The number of benzene rings is 4. The van der Waals surface area contributed by atoms with Crippen LogP contribution in [0.3, 0.4) is 0 Å². The molecule has 0 bridgehead atoms. The number of hydrogen-bond acceptors (Lipinski definition) is 5. The molecule has 0 fully saturated rings. The number of carbonyl (C=O) groups is 1. The van der Waals surface area contributed by atoms with Gasteiger partial charge in [-0.25, -0.2) is 9.18 Å². The van der Waals surface area contributed by atoms with Crippen molar-refractivity contribution in [1.29, 1.82) is 5.26 Å². The zero-order chi connectivity index (χ0) is 23.8. The van der Waals surface area contributed by atoms with Gasteiger partial charge in [0.15, 0.2) is 0 Å². The second-order valence-electron chi connectivity index (χ2n) is 7.68. The molecule has 4 aromatic rings. The Bertz CT molecular complexity index is 1520. The van der Waals surface area contributed by atoms with Gasteiger partial charge in [0, 0.05) is 22.2 Å². The molecule has 0 radical (unpaired) electrons. The van der Waals surface area contributed by atoms with E-state index < -0.39 is 17.7 Å². The molecule has 0 spiro atoms. The van der Waals surface area contributed by atoms with Gasteiger partial charge in [-0.2, -0.15) is 5.26 Å². The molecule has 0 saturated carbocycles. The summed E-state index contributed by atoms with van der Waals surface area (Å²) < 4.78 is 26.0. The maximum atomic E-state index is 14.8. The molecule has 0 amide bonds. The van der Waals surface area contributed by atoms with Crippen LogP contribution in [-0.2, 0) is 0 Å². The quantitative estimate of drug-likeness (QED) is 0.290. The van der Waals surface area contributed by atoms with Crippen molar-refractivity contribution in [3.05, 3.63) is 118 Å². The minimum Gasteiger partial charge on any atom is -0.440 e. The van der Waals surface area contributed by atoms with Gasteiger partial charge in [0.1, 0.15) is 29.0 Å². The van der Waals surface area contributed by atoms with Crippen molar-refractivity contribution in [2.75, 3.05) is 0 Å². The van der Waals surface area contributed by atoms with Crippen LogP contribution in [0.4, 0.5) is 4.39 Å². The number of nitrogens with two attached hydrogens (primary N) is 1. The number of halogens is 2. The Labute approximate surface area is 199 Å². The zero-order valence-corrected chi connectivity index (χ0v) is 18.3. The van der Waals surface area contributed by atoms with Crippen molar-refractivity contribution in [2.45, 2.75) is 5.92 Å². The molecule has 0 saturated heterocycles. The minimum absolute atomic E-state index is 0.0417. The number of hydrogen-bond donors (Lipinski definition) is 1. The standard InChI is InChI=1S/C27H16ClFN2O3/c28-21-9-4-10-22(29)25(21)24-19-12-11-16(13-23(19)34-26(31)20(24)14-30)33-27(32)18-8-3-6-15-5-1-2-7-17(15)18/h1-13,24H,31H2. The third-order valence-electron chi connectivity index (χ3n) is 5.70. The van der Waals surface area contributed by atoms with Crippen LogP contribution in [0.1, 0.15) is 27.4 Å². The van der Waals surface area contributed by atoms with Crippen LogP contribution in [0.15, 0.2) is 90.3 Å². The summed E-state index contributed by atoms with van der Waals surface area (Å²) in [5.74, 6) is -1.70. The van der Waals surface area contributed by atoms with E-state index in [1.54, 1.807) is 30.3 Å². The molecular formula is C27H16ClFN2O3. The second kappa shape index (κ2) is 8.54. The van der Waals surface area contributed by atoms with Gasteiger partial charge >= 0.3 is 5.97 Å². The van der Waals surface area contributed by atoms with Gasteiger partial charge in [-0.15, -0.1) is 0 Å². The van der Waals surface area contributed by atoms with Crippen LogP contribution in [0.5, 0.6) is 11.5 Å². The third-order valence-corrected chi connectivity index (χ3v) is 6.03. The Morgan fingerprint density at radius 1 is 1.06 bits per heavy atom. The molecule has 1 aliphatic heterocycles. The molecule has 4 aromatic carbocycles. The molecule has 2 N–H and O–H groups in total. The van der Waals surface area contributed by atoms with Crippen molar-refractivity contribution in [3.8, 4) is 17.6 Å². The molecule has 1 unspecified atom stereocenters. The zero-order valence-electron chi connectivity index (χ0n) is 17.6. The first-order chi connectivity index (χ1) is 16.5. The smallest absolute Gasteiger partial charge is 0.344 e. The summed E-state index contributed by atoms with van der Waals surface area (Å²) in [5.41, 5.74) is 7.05. The Morgan fingerprint density at radius 2 is 1.82 bits per heavy atom. The maximum Gasteiger partial charge on any atom is 0.344 e. The van der Waals surface area contributed by atoms with Crippen LogP contribution >= 0.6 is 11.6 Å². The number of esters is 1. The monoisotopic (exact) mass is 470 g/mol. The third kappa shape index (κ3) is 3.62. The van der Waals surface area contributed by atoms with E-state index in [0.29, 0.717) is 11.1 Å². The Hall–Kier alpha value is -4.34. The van der Waals surface area contributed by atoms with Gasteiger partial charge in [0.05, 0.1) is 11.5 Å². The summed E-state index contributed by atoms with van der Waals surface area (Å²) in [6.07, 6.45) is 0. The lowest BCUT2D eigenvalue weighted by atomic mass is 9.83. The molecule has 1 heterocycles. The summed E-state index contributed by atoms with van der Waals surface area (Å²) in [6, 6.07) is 23.8. The van der Waals surface area contributed by atoms with E-state index in [9.17, 15) is 14.4 Å². The summed E-state index contributed by atoms with van der Waals surface area (Å²) in [5, 5.41) is 11.5. The van der Waals surface area contributed by atoms with E-state index in [4.69, 9.17) is 26.8 Å². The highest BCUT2D eigenvalue weighted by atomic mass is 35.5. The summed E-state index contributed by atoms with van der Waals surface area (Å²) >= 11 is 6.29. The SMILES string of the molecule is N#CC1=C(N)Oc2cc(OC(=O)c3cccc4ccccc34)ccc2C1c1c(F)cccc1Cl. The van der Waals surface area contributed by atoms with Crippen LogP contribution in [0.2, 0.25) is 5.02 Å². The molecule has 34 heavy (non-hydrogen) atoms. The van der Waals surface area contributed by atoms with Crippen LogP contribution < -0.4 is 15.2 Å². The number of nitrogens with zero attached hydrogens (tertiary/aromatic N) is 1. The molecule has 5 nitrogen and oxygen atoms in total. The van der Waals surface area contributed by atoms with Gasteiger partial charge < -0.3 is 15.2 Å². The van der Waals surface area contributed by atoms with Gasteiger partial charge in [-0.3, -0.25) is 0 Å². The first kappa shape index (κ1) is 21.5. The predicted octanol–water partition coefficient (Wildman–Crippen LogP) is 6.07. The van der Waals surface area contributed by atoms with E-state index in [-0.39, 0.29) is 33.5 Å². The average Bonchev–Trinajstić information content (AvgIpc) is 2.83. The number of nitriles is 1. The van der Waals surface area contributed by atoms with Crippen molar-refractivity contribution in [1.82, 2.24) is 0 Å². The molecule has 1 atom stereocenters. The fourth-order valence-electron chi connectivity index (χ4n) is 4.15. The lowest BCUT2D eigenvalue weighted by Crippen LogP contribution is -2.22. The van der Waals surface area contributed by atoms with Gasteiger partial charge in [0.25, 0.3) is 0 Å². The van der Waals surface area contributed by atoms with Gasteiger partial charge in [-0.1, -0.05) is 60.1 Å². The van der Waals surface area contributed by atoms with Crippen molar-refractivity contribution in [3.63, 3.8) is 0 Å². The van der Waals surface area contributed by atoms with Crippen molar-refractivity contribution < 1.29 is 18.7 Å². The molecule has 7 heteroatoms. The van der Waals surface area contributed by atoms with E-state index >= 15 is 0 Å². The molecule has 0 aliphatic carbocycles. The molecule has 1 aliphatic rings. The van der Waals surface area contributed by atoms with Crippen molar-refractivity contribution in [2.24, 2.45) is 5.73 Å². The Balaban J connectivity index is 1.54. The predicted molar refractivity (Wildman–Crippen MR) is 126 cm³/mol. The number of carbonyl (C=O) groups excluding carboxylic acids is 1. The number of rotatable bonds is 3. The lowest BCUT2D eigenvalue weighted by molar-refractivity contribution is 0.0736. The van der Waals surface area contributed by atoms with E-state index in [0.717, 1.165) is 10.8 Å². The Morgan fingerprint density at radius 3 is 2.62 bits per heavy atom. The van der Waals surface area contributed by atoms with Crippen LogP contribution in [0.25, 0.3) is 10.8 Å². The second-order valence-corrected chi connectivity index (χ2v) is 8.08. The highest BCUT2D eigenvalue weighted by molar-refractivity contribution is 6.31. The lowest BCUT2D eigenvalue weighted by Gasteiger charge is -2.27. The van der Waals surface area contributed by atoms with Crippen molar-refractivity contribution >= 4 is 28.3 Å². The van der Waals surface area contributed by atoms with E-state index in [2.05, 4.69) is 0 Å². The molecule has 166 valence electrons. The molecular weight excluding hydrogens is 455 g/mol. The first-order valence-corrected chi connectivity index (χ1v) is 10.7. The average molecular weight is 471 g/mol. The fourth-order valence-corrected chi connectivity index (χ4v) is 4.42. The molecule has 5 rings (SSSR count). The summed E-state index contributed by atoms with van der Waals surface area (Å²) in [6.45, 7) is 0. The number of allylic oxidation sites excluding steroid dienone is 1. The maximum absolute atomic E-state index is 14.8. The van der Waals surface area contributed by atoms with E-state index in [1.807, 2.05) is 36.4 Å². The Kier molecular flexibility index (Phi) is 5.40. The van der Waals surface area contributed by atoms with Gasteiger partial charge in [0.2, 0.25) is 5.88 Å². The largest absolute Gasteiger partial charge is 0.440 e. The first-order valence-electron chi connectivity index (χ1n) is 10.3. The highest BCUT2D eigenvalue weighted by Gasteiger charge is 2.34. The van der Waals surface area contributed by atoms with Gasteiger partial charge in [-0.05, 0) is 35.0 Å². The highest BCUT2D eigenvalue weighted by Crippen LogP contribution is 2.46. The van der Waals surface area contributed by atoms with E-state index in [1.165, 1.54) is 18.2 Å². The van der Waals surface area contributed by atoms with Crippen LogP contribution in [0, 0.1) is 17.1 Å².